The minimum Gasteiger partial charge on any atom is -0.0841 e. The first kappa shape index (κ1) is 11.5. The summed E-state index contributed by atoms with van der Waals surface area (Å²) in [5.41, 5.74) is 4.52. The Morgan fingerprint density at radius 3 is 1.38 bits per heavy atom. The van der Waals surface area contributed by atoms with E-state index in [4.69, 9.17) is 23.2 Å². The first-order chi connectivity index (χ1) is 7.58. The number of aryl methyl sites for hydroxylation is 2. The Bertz CT molecular complexity index is 481. The first-order valence-corrected chi connectivity index (χ1v) is 5.86. The van der Waals surface area contributed by atoms with E-state index >= 15 is 0 Å². The van der Waals surface area contributed by atoms with E-state index in [9.17, 15) is 0 Å². The molecule has 2 aromatic rings. The zero-order chi connectivity index (χ0) is 11.7. The van der Waals surface area contributed by atoms with Crippen molar-refractivity contribution in [1.29, 1.82) is 0 Å². The summed E-state index contributed by atoms with van der Waals surface area (Å²) < 4.78 is 0. The molecule has 82 valence electrons. The molecule has 0 fully saturated rings. The zero-order valence-electron chi connectivity index (χ0n) is 9.22. The molecule has 0 radical (unpaired) electrons. The number of hydrogen-bond donors (Lipinski definition) is 0. The van der Waals surface area contributed by atoms with E-state index in [2.05, 4.69) is 12.1 Å². The molecule has 0 N–H and O–H groups in total. The van der Waals surface area contributed by atoms with Crippen LogP contribution in [0.3, 0.4) is 0 Å². The molecule has 0 unspecified atom stereocenters. The molecule has 0 saturated carbocycles. The molecule has 0 heterocycles. The van der Waals surface area contributed by atoms with Gasteiger partial charge in [0, 0.05) is 10.0 Å². The van der Waals surface area contributed by atoms with Crippen LogP contribution in [0.25, 0.3) is 11.1 Å². The van der Waals surface area contributed by atoms with Crippen molar-refractivity contribution >= 4 is 23.2 Å². The fourth-order valence-corrected chi connectivity index (χ4v) is 1.88. The topological polar surface area (TPSA) is 0 Å². The molecule has 0 aromatic heterocycles. The van der Waals surface area contributed by atoms with Crippen LogP contribution in [0, 0.1) is 13.8 Å². The van der Waals surface area contributed by atoms with Gasteiger partial charge in [-0.05, 0) is 60.4 Å². The van der Waals surface area contributed by atoms with Crippen molar-refractivity contribution in [3.63, 3.8) is 0 Å². The molecule has 0 bridgehead atoms. The van der Waals surface area contributed by atoms with Gasteiger partial charge in [-0.1, -0.05) is 35.3 Å². The van der Waals surface area contributed by atoms with Gasteiger partial charge in [0.15, 0.2) is 0 Å². The van der Waals surface area contributed by atoms with Crippen LogP contribution in [-0.2, 0) is 0 Å². The van der Waals surface area contributed by atoms with Gasteiger partial charge < -0.3 is 0 Å². The van der Waals surface area contributed by atoms with Crippen LogP contribution in [0.4, 0.5) is 0 Å². The fourth-order valence-electron chi connectivity index (χ4n) is 1.65. The maximum Gasteiger partial charge on any atom is 0.0435 e. The largest absolute Gasteiger partial charge is 0.0841 e. The third-order valence-electron chi connectivity index (χ3n) is 2.65. The third kappa shape index (κ3) is 2.23. The monoisotopic (exact) mass is 250 g/mol. The summed E-state index contributed by atoms with van der Waals surface area (Å²) in [6.07, 6.45) is 0. The molecule has 0 spiro atoms. The van der Waals surface area contributed by atoms with Gasteiger partial charge in [0.25, 0.3) is 0 Å². The molecule has 2 heteroatoms. The minimum absolute atomic E-state index is 0.800. The van der Waals surface area contributed by atoms with E-state index in [1.165, 1.54) is 11.1 Å². The molecule has 0 atom stereocenters. The summed E-state index contributed by atoms with van der Waals surface area (Å²) in [5, 5.41) is 1.60. The van der Waals surface area contributed by atoms with E-state index in [1.54, 1.807) is 0 Å². The van der Waals surface area contributed by atoms with Crippen molar-refractivity contribution in [2.24, 2.45) is 0 Å². The van der Waals surface area contributed by atoms with Crippen molar-refractivity contribution in [3.8, 4) is 11.1 Å². The van der Waals surface area contributed by atoms with E-state index in [-0.39, 0.29) is 0 Å². The Balaban J connectivity index is 2.50. The summed E-state index contributed by atoms with van der Waals surface area (Å²) in [7, 11) is 0. The second-order valence-electron chi connectivity index (χ2n) is 3.93. The highest BCUT2D eigenvalue weighted by molar-refractivity contribution is 6.31. The second kappa shape index (κ2) is 4.48. The van der Waals surface area contributed by atoms with Crippen LogP contribution in [-0.4, -0.2) is 0 Å². The Labute approximate surface area is 106 Å². The molecule has 0 aliphatic heterocycles. The molecule has 0 aliphatic rings. The molecule has 0 nitrogen and oxygen atoms in total. The molecule has 0 aliphatic carbocycles. The lowest BCUT2D eigenvalue weighted by Crippen LogP contribution is -1.83. The third-order valence-corrected chi connectivity index (χ3v) is 3.50. The molecule has 2 rings (SSSR count). The van der Waals surface area contributed by atoms with Crippen LogP contribution in [0.1, 0.15) is 11.1 Å². The quantitative estimate of drug-likeness (QED) is 0.647. The Hall–Kier alpha value is -0.980. The van der Waals surface area contributed by atoms with Gasteiger partial charge in [0.1, 0.15) is 0 Å². The first-order valence-electron chi connectivity index (χ1n) is 5.10. The highest BCUT2D eigenvalue weighted by atomic mass is 35.5. The van der Waals surface area contributed by atoms with Gasteiger partial charge in [0.2, 0.25) is 0 Å². The average Bonchev–Trinajstić information content (AvgIpc) is 2.26. The van der Waals surface area contributed by atoms with Gasteiger partial charge in [-0.15, -0.1) is 0 Å². The van der Waals surface area contributed by atoms with Gasteiger partial charge in [-0.2, -0.15) is 0 Å². The summed E-state index contributed by atoms with van der Waals surface area (Å²) in [5.74, 6) is 0. The maximum absolute atomic E-state index is 6.00. The highest BCUT2D eigenvalue weighted by Gasteiger charge is 2.02. The predicted octanol–water partition coefficient (Wildman–Crippen LogP) is 5.28. The summed E-state index contributed by atoms with van der Waals surface area (Å²) in [4.78, 5) is 0. The van der Waals surface area contributed by atoms with Crippen LogP contribution in [0.15, 0.2) is 36.4 Å². The highest BCUT2D eigenvalue weighted by Crippen LogP contribution is 2.27. The van der Waals surface area contributed by atoms with Crippen LogP contribution in [0.2, 0.25) is 10.0 Å². The number of benzene rings is 2. The van der Waals surface area contributed by atoms with Gasteiger partial charge in [-0.25, -0.2) is 0 Å². The fraction of sp³-hybridized carbons (Fsp3) is 0.143. The van der Waals surface area contributed by atoms with Crippen molar-refractivity contribution < 1.29 is 0 Å². The standard InChI is InChI=1S/C14H12Cl2/c1-9-7-11(3-5-13(9)15)12-4-6-14(16)10(2)8-12/h3-8H,1-2H3. The van der Waals surface area contributed by atoms with E-state index < -0.39 is 0 Å². The maximum atomic E-state index is 6.00. The van der Waals surface area contributed by atoms with Crippen molar-refractivity contribution in [1.82, 2.24) is 0 Å². The molecule has 16 heavy (non-hydrogen) atoms. The van der Waals surface area contributed by atoms with Crippen molar-refractivity contribution in [2.75, 3.05) is 0 Å². The average molecular weight is 251 g/mol. The van der Waals surface area contributed by atoms with Gasteiger partial charge >= 0.3 is 0 Å². The Morgan fingerprint density at radius 1 is 0.688 bits per heavy atom. The zero-order valence-corrected chi connectivity index (χ0v) is 10.7. The summed E-state index contributed by atoms with van der Waals surface area (Å²) in [6.45, 7) is 4.02. The molecule has 0 amide bonds. The Morgan fingerprint density at radius 2 is 1.06 bits per heavy atom. The smallest absolute Gasteiger partial charge is 0.0435 e. The number of rotatable bonds is 1. The lowest BCUT2D eigenvalue weighted by Gasteiger charge is -2.06. The number of halogens is 2. The lowest BCUT2D eigenvalue weighted by molar-refractivity contribution is 1.44. The second-order valence-corrected chi connectivity index (χ2v) is 4.74. The minimum atomic E-state index is 0.800. The van der Waals surface area contributed by atoms with E-state index in [0.29, 0.717) is 0 Å². The number of hydrogen-bond acceptors (Lipinski definition) is 0. The van der Waals surface area contributed by atoms with E-state index in [0.717, 1.165) is 21.2 Å². The Kier molecular flexibility index (Phi) is 3.22. The van der Waals surface area contributed by atoms with Crippen molar-refractivity contribution in [2.45, 2.75) is 13.8 Å². The normalized spacial score (nSPS) is 10.5. The molecular weight excluding hydrogens is 239 g/mol. The van der Waals surface area contributed by atoms with Crippen LogP contribution >= 0.6 is 23.2 Å². The predicted molar refractivity (Wildman–Crippen MR) is 71.4 cm³/mol. The van der Waals surface area contributed by atoms with Crippen molar-refractivity contribution in [3.05, 3.63) is 57.6 Å². The van der Waals surface area contributed by atoms with Crippen LogP contribution < -0.4 is 0 Å². The lowest BCUT2D eigenvalue weighted by atomic mass is 10.0. The SMILES string of the molecule is Cc1cc(-c2ccc(Cl)c(C)c2)ccc1Cl. The van der Waals surface area contributed by atoms with E-state index in [1.807, 2.05) is 38.1 Å². The summed E-state index contributed by atoms with van der Waals surface area (Å²) in [6, 6.07) is 12.1. The van der Waals surface area contributed by atoms with Crippen LogP contribution in [0.5, 0.6) is 0 Å². The van der Waals surface area contributed by atoms with Gasteiger partial charge in [-0.3, -0.25) is 0 Å². The molecular formula is C14H12Cl2. The summed E-state index contributed by atoms with van der Waals surface area (Å²) >= 11 is 12.0. The molecule has 2 aromatic carbocycles. The molecule has 0 saturated heterocycles. The van der Waals surface area contributed by atoms with Gasteiger partial charge in [0.05, 0.1) is 0 Å².